The first kappa shape index (κ1) is 20.6. The van der Waals surface area contributed by atoms with Crippen LogP contribution in [0, 0.1) is 17.7 Å². The summed E-state index contributed by atoms with van der Waals surface area (Å²) in [4.78, 5) is 53.0. The van der Waals surface area contributed by atoms with Crippen LogP contribution in [-0.2, 0) is 31.3 Å². The predicted octanol–water partition coefficient (Wildman–Crippen LogP) is 1.28. The summed E-state index contributed by atoms with van der Waals surface area (Å²) in [7, 11) is 0. The van der Waals surface area contributed by atoms with Gasteiger partial charge >= 0.3 is 0 Å². The first-order valence-electron chi connectivity index (χ1n) is 10.00. The minimum absolute atomic E-state index is 0.0751. The van der Waals surface area contributed by atoms with Crippen molar-refractivity contribution in [1.82, 2.24) is 10.2 Å². The number of nitrogens with one attached hydrogen (secondary N) is 2. The summed E-state index contributed by atoms with van der Waals surface area (Å²) in [6.07, 6.45) is -0.227. The number of rotatable bonds is 4. The van der Waals surface area contributed by atoms with E-state index in [9.17, 15) is 23.6 Å². The van der Waals surface area contributed by atoms with E-state index in [-0.39, 0.29) is 13.0 Å². The second kappa shape index (κ2) is 7.11. The van der Waals surface area contributed by atoms with Crippen molar-refractivity contribution in [3.05, 3.63) is 64.4 Å². The van der Waals surface area contributed by atoms with Crippen LogP contribution in [0.15, 0.2) is 42.5 Å². The van der Waals surface area contributed by atoms with Crippen LogP contribution in [0.5, 0.6) is 0 Å². The maximum absolute atomic E-state index is 13.6. The fourth-order valence-corrected chi connectivity index (χ4v) is 5.39. The molecule has 0 aromatic heterocycles. The fraction of sp³-hybridized carbons (Fsp3) is 0.273. The Labute approximate surface area is 186 Å². The number of primary amides is 1. The number of halogens is 2. The third kappa shape index (κ3) is 2.78. The van der Waals surface area contributed by atoms with Crippen molar-refractivity contribution in [3.8, 4) is 0 Å². The highest BCUT2D eigenvalue weighted by atomic mass is 35.5. The molecule has 32 heavy (non-hydrogen) atoms. The molecule has 2 aromatic rings. The normalized spacial score (nSPS) is 28.2. The number of benzene rings is 2. The van der Waals surface area contributed by atoms with Gasteiger partial charge in [-0.2, -0.15) is 0 Å². The zero-order valence-electron chi connectivity index (χ0n) is 16.6. The Balaban J connectivity index is 1.60. The Kier molecular flexibility index (Phi) is 4.58. The van der Waals surface area contributed by atoms with Crippen molar-refractivity contribution in [1.29, 1.82) is 0 Å². The number of carbonyl (C=O) groups excluding carboxylic acids is 4. The number of anilines is 1. The number of hydrogen-bond donors (Lipinski definition) is 3. The number of para-hydroxylation sites is 1. The van der Waals surface area contributed by atoms with Crippen LogP contribution in [0.25, 0.3) is 0 Å². The van der Waals surface area contributed by atoms with Crippen molar-refractivity contribution in [2.45, 2.75) is 24.5 Å². The average molecular weight is 457 g/mol. The SMILES string of the molecule is NC(=O)C[C@H]1N[C@@]2(C(=O)Nc3c(Cl)cccc32)[C@@H]2C(=O)N(Cc3ccc(F)cc3)C(=O)[C@@H]21. The lowest BCUT2D eigenvalue weighted by atomic mass is 9.76. The number of likely N-dealkylation sites (tertiary alicyclic amines) is 1. The van der Waals surface area contributed by atoms with Gasteiger partial charge in [0.05, 0.1) is 29.1 Å². The predicted molar refractivity (Wildman–Crippen MR) is 111 cm³/mol. The summed E-state index contributed by atoms with van der Waals surface area (Å²) in [6.45, 7) is -0.0751. The first-order valence-corrected chi connectivity index (χ1v) is 10.4. The molecule has 0 unspecified atom stereocenters. The highest BCUT2D eigenvalue weighted by Crippen LogP contribution is 2.54. The molecule has 2 aromatic carbocycles. The molecule has 164 valence electrons. The monoisotopic (exact) mass is 456 g/mol. The third-order valence-corrected chi connectivity index (χ3v) is 6.78. The van der Waals surface area contributed by atoms with Crippen LogP contribution in [0.4, 0.5) is 10.1 Å². The molecular weight excluding hydrogens is 439 g/mol. The summed E-state index contributed by atoms with van der Waals surface area (Å²) >= 11 is 6.26. The summed E-state index contributed by atoms with van der Waals surface area (Å²) in [5.74, 6) is -4.74. The van der Waals surface area contributed by atoms with E-state index in [1.807, 2.05) is 0 Å². The molecule has 0 aliphatic carbocycles. The number of imide groups is 1. The molecular formula is C22H18ClFN4O4. The molecule has 3 heterocycles. The van der Waals surface area contributed by atoms with Crippen LogP contribution in [-0.4, -0.2) is 34.6 Å². The Hall–Kier alpha value is -3.30. The molecule has 4 atom stereocenters. The second-order valence-electron chi connectivity index (χ2n) is 8.24. The molecule has 1 spiro atoms. The van der Waals surface area contributed by atoms with Crippen LogP contribution < -0.4 is 16.4 Å². The lowest BCUT2D eigenvalue weighted by molar-refractivity contribution is -0.143. The van der Waals surface area contributed by atoms with E-state index in [0.29, 0.717) is 21.8 Å². The van der Waals surface area contributed by atoms with E-state index in [4.69, 9.17) is 17.3 Å². The number of carbonyl (C=O) groups is 4. The first-order chi connectivity index (χ1) is 15.2. The number of nitrogens with zero attached hydrogens (tertiary/aromatic N) is 1. The van der Waals surface area contributed by atoms with Gasteiger partial charge < -0.3 is 11.1 Å². The van der Waals surface area contributed by atoms with E-state index < -0.39 is 52.9 Å². The Morgan fingerprint density at radius 3 is 2.53 bits per heavy atom. The number of amides is 4. The van der Waals surface area contributed by atoms with Crippen LogP contribution in [0.2, 0.25) is 5.02 Å². The van der Waals surface area contributed by atoms with E-state index >= 15 is 0 Å². The topological polar surface area (TPSA) is 122 Å². The average Bonchev–Trinajstić information content (AvgIpc) is 3.31. The molecule has 2 fully saturated rings. The third-order valence-electron chi connectivity index (χ3n) is 6.47. The highest BCUT2D eigenvalue weighted by Gasteiger charge is 2.70. The molecule has 0 radical (unpaired) electrons. The van der Waals surface area contributed by atoms with E-state index in [0.717, 1.165) is 4.90 Å². The van der Waals surface area contributed by atoms with Crippen molar-refractivity contribution in [2.24, 2.45) is 17.6 Å². The summed E-state index contributed by atoms with van der Waals surface area (Å²) < 4.78 is 13.3. The van der Waals surface area contributed by atoms with Gasteiger partial charge in [-0.1, -0.05) is 35.9 Å². The van der Waals surface area contributed by atoms with E-state index in [1.165, 1.54) is 24.3 Å². The molecule has 4 N–H and O–H groups in total. The summed E-state index contributed by atoms with van der Waals surface area (Å²) in [6, 6.07) is 9.55. The van der Waals surface area contributed by atoms with Crippen LogP contribution in [0.1, 0.15) is 17.5 Å². The summed E-state index contributed by atoms with van der Waals surface area (Å²) in [5, 5.41) is 6.11. The number of fused-ring (bicyclic) bond motifs is 4. The van der Waals surface area contributed by atoms with Gasteiger partial charge in [0, 0.05) is 18.0 Å². The Bertz CT molecular complexity index is 1190. The molecule has 10 heteroatoms. The molecule has 0 bridgehead atoms. The lowest BCUT2D eigenvalue weighted by Gasteiger charge is -2.29. The van der Waals surface area contributed by atoms with Gasteiger partial charge in [0.25, 0.3) is 0 Å². The summed E-state index contributed by atoms with van der Waals surface area (Å²) in [5.41, 5.74) is 5.21. The van der Waals surface area contributed by atoms with Crippen LogP contribution in [0.3, 0.4) is 0 Å². The minimum Gasteiger partial charge on any atom is -0.370 e. The van der Waals surface area contributed by atoms with Crippen LogP contribution >= 0.6 is 11.6 Å². The van der Waals surface area contributed by atoms with Crippen molar-refractivity contribution < 1.29 is 23.6 Å². The zero-order valence-corrected chi connectivity index (χ0v) is 17.4. The van der Waals surface area contributed by atoms with Crippen molar-refractivity contribution >= 4 is 40.9 Å². The zero-order chi connectivity index (χ0) is 22.8. The quantitative estimate of drug-likeness (QED) is 0.598. The molecule has 2 saturated heterocycles. The van der Waals surface area contributed by atoms with Gasteiger partial charge in [-0.05, 0) is 23.8 Å². The maximum Gasteiger partial charge on any atom is 0.250 e. The van der Waals surface area contributed by atoms with E-state index in [1.54, 1.807) is 18.2 Å². The molecule has 4 amide bonds. The molecule has 3 aliphatic heterocycles. The fourth-order valence-electron chi connectivity index (χ4n) is 5.17. The molecule has 5 rings (SSSR count). The van der Waals surface area contributed by atoms with Gasteiger partial charge in [-0.15, -0.1) is 0 Å². The maximum atomic E-state index is 13.6. The van der Waals surface area contributed by atoms with Gasteiger partial charge in [0.15, 0.2) is 0 Å². The highest BCUT2D eigenvalue weighted by molar-refractivity contribution is 6.35. The van der Waals surface area contributed by atoms with Crippen molar-refractivity contribution in [2.75, 3.05) is 5.32 Å². The number of nitrogens with two attached hydrogens (primary N) is 1. The van der Waals surface area contributed by atoms with E-state index in [2.05, 4.69) is 10.6 Å². The van der Waals surface area contributed by atoms with Gasteiger partial charge in [-0.25, -0.2) is 4.39 Å². The molecule has 0 saturated carbocycles. The molecule has 8 nitrogen and oxygen atoms in total. The van der Waals surface area contributed by atoms with Crippen molar-refractivity contribution in [3.63, 3.8) is 0 Å². The number of hydrogen-bond acceptors (Lipinski definition) is 5. The molecule has 3 aliphatic rings. The lowest BCUT2D eigenvalue weighted by Crippen LogP contribution is -2.53. The standard InChI is InChI=1S/C22H18ClFN4O4/c23-13-3-1-2-12-18(13)26-21(32)22(12)17-16(14(27-22)8-15(25)29)19(30)28(20(17)31)9-10-4-6-11(24)7-5-10/h1-7,14,16-17,27H,8-9H2,(H2,25,29)(H,26,32)/t14-,16-,17+,22-/m1/s1. The van der Waals surface area contributed by atoms with Gasteiger partial charge in [0.1, 0.15) is 11.4 Å². The Morgan fingerprint density at radius 2 is 1.84 bits per heavy atom. The minimum atomic E-state index is -1.56. The Morgan fingerprint density at radius 1 is 1.12 bits per heavy atom. The van der Waals surface area contributed by atoms with Gasteiger partial charge in [0.2, 0.25) is 23.6 Å². The largest absolute Gasteiger partial charge is 0.370 e. The smallest absolute Gasteiger partial charge is 0.250 e. The second-order valence-corrected chi connectivity index (χ2v) is 8.65. The van der Waals surface area contributed by atoms with Gasteiger partial charge in [-0.3, -0.25) is 29.4 Å².